The highest BCUT2D eigenvalue weighted by Crippen LogP contribution is 2.21. The van der Waals surface area contributed by atoms with Gasteiger partial charge in [-0.3, -0.25) is 0 Å². The van der Waals surface area contributed by atoms with Crippen molar-refractivity contribution >= 4 is 12.2 Å². The van der Waals surface area contributed by atoms with Crippen molar-refractivity contribution in [3.05, 3.63) is 28.0 Å². The van der Waals surface area contributed by atoms with E-state index in [4.69, 9.17) is 12.2 Å². The lowest BCUT2D eigenvalue weighted by atomic mass is 10.1. The second-order valence-corrected chi connectivity index (χ2v) is 3.20. The molecule has 0 fully saturated rings. The third-order valence-electron chi connectivity index (χ3n) is 1.92. The summed E-state index contributed by atoms with van der Waals surface area (Å²) in [5.41, 5.74) is 1.46. The lowest BCUT2D eigenvalue weighted by molar-refractivity contribution is 0.325. The Morgan fingerprint density at radius 3 is 2.92 bits per heavy atom. The number of rotatable bonds is 2. The molecule has 0 amide bonds. The Morgan fingerprint density at radius 2 is 2.33 bits per heavy atom. The normalized spacial score (nSPS) is 12.9. The van der Waals surface area contributed by atoms with Gasteiger partial charge in [0.15, 0.2) is 0 Å². The van der Waals surface area contributed by atoms with E-state index in [1.54, 1.807) is 12.3 Å². The number of aromatic amines is 1. The highest BCUT2D eigenvalue weighted by molar-refractivity contribution is 7.71. The van der Waals surface area contributed by atoms with Gasteiger partial charge in [-0.1, -0.05) is 19.1 Å². The molecule has 0 spiro atoms. The van der Waals surface area contributed by atoms with Crippen LogP contribution in [0.1, 0.15) is 30.8 Å². The third kappa shape index (κ3) is 1.72. The van der Waals surface area contributed by atoms with Gasteiger partial charge in [-0.25, -0.2) is 4.39 Å². The van der Waals surface area contributed by atoms with Gasteiger partial charge in [0.05, 0.1) is 5.69 Å². The van der Waals surface area contributed by atoms with E-state index in [0.29, 0.717) is 12.1 Å². The van der Waals surface area contributed by atoms with Gasteiger partial charge in [0.25, 0.3) is 0 Å². The number of nitrogens with one attached hydrogen (secondary N) is 1. The zero-order chi connectivity index (χ0) is 9.14. The molecule has 1 nitrogen and oxygen atoms in total. The van der Waals surface area contributed by atoms with Crippen LogP contribution in [-0.2, 0) is 0 Å². The Labute approximate surface area is 76.6 Å². The fourth-order valence-electron chi connectivity index (χ4n) is 1.10. The van der Waals surface area contributed by atoms with Crippen LogP contribution in [0.25, 0.3) is 0 Å². The molecular formula is C9H12FNS. The number of hydrogen-bond acceptors (Lipinski definition) is 1. The molecule has 0 aliphatic heterocycles. The molecular weight excluding hydrogens is 173 g/mol. The maximum Gasteiger partial charge on any atom is 0.140 e. The number of halogens is 1. The first-order valence-electron chi connectivity index (χ1n) is 3.99. The van der Waals surface area contributed by atoms with Crippen LogP contribution in [-0.4, -0.2) is 4.98 Å². The number of aromatic nitrogens is 1. The smallest absolute Gasteiger partial charge is 0.140 e. The van der Waals surface area contributed by atoms with Crippen molar-refractivity contribution in [3.8, 4) is 0 Å². The summed E-state index contributed by atoms with van der Waals surface area (Å²) in [5, 5.41) is 0. The minimum atomic E-state index is -0.923. The van der Waals surface area contributed by atoms with Crippen LogP contribution in [0.5, 0.6) is 0 Å². The number of H-pyrrole nitrogens is 1. The van der Waals surface area contributed by atoms with Crippen LogP contribution in [0.2, 0.25) is 0 Å². The standard InChI is InChI=1S/C9H12FNS/c1-3-7(10)9-6(2)8(12)4-5-11-9/h4-5,7H,3H2,1-2H3,(H,11,12). The molecule has 0 aromatic carbocycles. The highest BCUT2D eigenvalue weighted by atomic mass is 32.1. The Bertz CT molecular complexity index is 319. The fraction of sp³-hybridized carbons (Fsp3) is 0.444. The molecule has 66 valence electrons. The summed E-state index contributed by atoms with van der Waals surface area (Å²) in [5.74, 6) is 0. The Morgan fingerprint density at radius 1 is 1.67 bits per heavy atom. The molecule has 0 saturated carbocycles. The van der Waals surface area contributed by atoms with Gasteiger partial charge in [0, 0.05) is 10.7 Å². The van der Waals surface area contributed by atoms with E-state index in [0.717, 1.165) is 10.1 Å². The van der Waals surface area contributed by atoms with Gasteiger partial charge in [-0.05, 0) is 25.0 Å². The summed E-state index contributed by atoms with van der Waals surface area (Å²) in [6.07, 6.45) is 1.25. The van der Waals surface area contributed by atoms with Crippen molar-refractivity contribution in [3.63, 3.8) is 0 Å². The molecule has 0 saturated heterocycles. The molecule has 1 aromatic rings. The molecule has 1 aromatic heterocycles. The van der Waals surface area contributed by atoms with E-state index in [1.807, 2.05) is 13.8 Å². The maximum absolute atomic E-state index is 13.2. The van der Waals surface area contributed by atoms with Crippen LogP contribution in [0.15, 0.2) is 12.3 Å². The Balaban J connectivity index is 3.16. The highest BCUT2D eigenvalue weighted by Gasteiger charge is 2.10. The first kappa shape index (κ1) is 9.39. The lowest BCUT2D eigenvalue weighted by Gasteiger charge is -2.08. The molecule has 12 heavy (non-hydrogen) atoms. The minimum absolute atomic E-state index is 0.482. The summed E-state index contributed by atoms with van der Waals surface area (Å²) >= 11 is 5.02. The second-order valence-electron chi connectivity index (χ2n) is 2.76. The first-order valence-corrected chi connectivity index (χ1v) is 4.40. The largest absolute Gasteiger partial charge is 0.362 e. The zero-order valence-electron chi connectivity index (χ0n) is 7.23. The van der Waals surface area contributed by atoms with Crippen LogP contribution in [0.3, 0.4) is 0 Å². The van der Waals surface area contributed by atoms with Crippen molar-refractivity contribution in [2.45, 2.75) is 26.4 Å². The van der Waals surface area contributed by atoms with E-state index in [1.165, 1.54) is 0 Å². The molecule has 1 N–H and O–H groups in total. The first-order chi connectivity index (χ1) is 5.66. The van der Waals surface area contributed by atoms with Crippen molar-refractivity contribution in [1.29, 1.82) is 0 Å². The van der Waals surface area contributed by atoms with Gasteiger partial charge >= 0.3 is 0 Å². The molecule has 1 unspecified atom stereocenters. The summed E-state index contributed by atoms with van der Waals surface area (Å²) in [4.78, 5) is 2.89. The Kier molecular flexibility index (Phi) is 2.98. The molecule has 0 aliphatic carbocycles. The van der Waals surface area contributed by atoms with E-state index >= 15 is 0 Å². The van der Waals surface area contributed by atoms with Crippen LogP contribution in [0.4, 0.5) is 4.39 Å². The number of alkyl halides is 1. The molecule has 0 radical (unpaired) electrons. The van der Waals surface area contributed by atoms with Gasteiger partial charge in [-0.2, -0.15) is 0 Å². The average molecular weight is 185 g/mol. The van der Waals surface area contributed by atoms with Crippen LogP contribution >= 0.6 is 12.2 Å². The lowest BCUT2D eigenvalue weighted by Crippen LogP contribution is -1.97. The zero-order valence-corrected chi connectivity index (χ0v) is 8.04. The predicted molar refractivity (Wildman–Crippen MR) is 50.5 cm³/mol. The van der Waals surface area contributed by atoms with Crippen molar-refractivity contribution in [2.24, 2.45) is 0 Å². The molecule has 3 heteroatoms. The third-order valence-corrected chi connectivity index (χ3v) is 2.36. The van der Waals surface area contributed by atoms with Crippen LogP contribution < -0.4 is 0 Å². The summed E-state index contributed by atoms with van der Waals surface area (Å²) in [7, 11) is 0. The summed E-state index contributed by atoms with van der Waals surface area (Å²) < 4.78 is 13.9. The van der Waals surface area contributed by atoms with Gasteiger partial charge in [0.1, 0.15) is 6.17 Å². The Hall–Kier alpha value is -0.700. The molecule has 1 atom stereocenters. The molecule has 1 heterocycles. The van der Waals surface area contributed by atoms with Gasteiger partial charge in [0.2, 0.25) is 0 Å². The molecule has 1 rings (SSSR count). The summed E-state index contributed by atoms with van der Waals surface area (Å²) in [6, 6.07) is 1.77. The quantitative estimate of drug-likeness (QED) is 0.697. The van der Waals surface area contributed by atoms with E-state index in [2.05, 4.69) is 4.98 Å². The van der Waals surface area contributed by atoms with Crippen molar-refractivity contribution in [2.75, 3.05) is 0 Å². The number of pyridine rings is 1. The van der Waals surface area contributed by atoms with E-state index in [-0.39, 0.29) is 0 Å². The molecule has 0 bridgehead atoms. The summed E-state index contributed by atoms with van der Waals surface area (Å²) in [6.45, 7) is 3.66. The minimum Gasteiger partial charge on any atom is -0.362 e. The van der Waals surface area contributed by atoms with E-state index in [9.17, 15) is 4.39 Å². The van der Waals surface area contributed by atoms with Crippen LogP contribution in [0, 0.1) is 11.4 Å². The van der Waals surface area contributed by atoms with E-state index < -0.39 is 6.17 Å². The predicted octanol–water partition coefficient (Wildman–Crippen LogP) is 3.47. The monoisotopic (exact) mass is 185 g/mol. The van der Waals surface area contributed by atoms with Crippen molar-refractivity contribution in [1.82, 2.24) is 4.98 Å². The molecule has 0 aliphatic rings. The average Bonchev–Trinajstić information content (AvgIpc) is 2.08. The fourth-order valence-corrected chi connectivity index (χ4v) is 1.28. The maximum atomic E-state index is 13.2. The van der Waals surface area contributed by atoms with Gasteiger partial charge in [-0.15, -0.1) is 0 Å². The second kappa shape index (κ2) is 3.81. The SMILES string of the molecule is CCC(F)c1[nH]ccc(=S)c1C. The number of hydrogen-bond donors (Lipinski definition) is 1. The van der Waals surface area contributed by atoms with Gasteiger partial charge < -0.3 is 4.98 Å². The topological polar surface area (TPSA) is 15.8 Å². The van der Waals surface area contributed by atoms with Crippen molar-refractivity contribution < 1.29 is 4.39 Å².